The summed E-state index contributed by atoms with van der Waals surface area (Å²) < 4.78 is 28.4. The van der Waals surface area contributed by atoms with Crippen molar-refractivity contribution < 1.29 is 19.3 Å². The quantitative estimate of drug-likeness (QED) is 0.919. The van der Waals surface area contributed by atoms with Crippen molar-refractivity contribution in [2.24, 2.45) is 0 Å². The smallest absolute Gasteiger partial charge is 0.387 e. The minimum absolute atomic E-state index is 0.0853. The zero-order valence-electron chi connectivity index (χ0n) is 10.0. The molecule has 0 radical (unpaired) electrons. The van der Waals surface area contributed by atoms with Gasteiger partial charge in [0.05, 0.1) is 0 Å². The number of alkyl halides is 2. The molecule has 2 aromatic rings. The van der Waals surface area contributed by atoms with Gasteiger partial charge in [-0.05, 0) is 36.4 Å². The van der Waals surface area contributed by atoms with Gasteiger partial charge in [0.2, 0.25) is 0 Å². The summed E-state index contributed by atoms with van der Waals surface area (Å²) in [5, 5.41) is 0.664. The highest BCUT2D eigenvalue weighted by atomic mass is 35.5. The summed E-state index contributed by atoms with van der Waals surface area (Å²) in [4.78, 5) is 0. The Balaban J connectivity index is 2.15. The van der Waals surface area contributed by atoms with Gasteiger partial charge in [-0.1, -0.05) is 23.7 Å². The Hall–Kier alpha value is -1.65. The Bertz CT molecular complexity index is 528. The van der Waals surface area contributed by atoms with E-state index in [9.17, 15) is 8.78 Å². The first-order chi connectivity index (χ1) is 9.06. The average Bonchev–Trinajstić information content (AvgIpc) is 2.39. The fourth-order valence-corrected chi connectivity index (χ4v) is 1.90. The molecule has 1 atom stereocenters. The Morgan fingerprint density at radius 2 is 1.37 bits per heavy atom. The normalized spacial score (nSPS) is 12.5. The van der Waals surface area contributed by atoms with Crippen LogP contribution in [0.4, 0.5) is 8.78 Å². The highest BCUT2D eigenvalue weighted by molar-refractivity contribution is 6.30. The average molecular weight is 285 g/mol. The lowest BCUT2D eigenvalue weighted by atomic mass is 10.00. The molecule has 0 unspecified atom stereocenters. The second kappa shape index (κ2) is 5.99. The van der Waals surface area contributed by atoms with Crippen LogP contribution in [0.2, 0.25) is 5.02 Å². The van der Waals surface area contributed by atoms with Crippen LogP contribution in [0.3, 0.4) is 0 Å². The molecule has 0 aliphatic heterocycles. The molecule has 0 fully saturated rings. The summed E-state index contributed by atoms with van der Waals surface area (Å²) >= 11 is 5.82. The van der Waals surface area contributed by atoms with Gasteiger partial charge in [0.25, 0.3) is 0 Å². The van der Waals surface area contributed by atoms with Crippen molar-refractivity contribution in [1.82, 2.24) is 0 Å². The first-order valence-electron chi connectivity index (χ1n) is 5.69. The maximum absolute atomic E-state index is 12.0. The minimum Gasteiger partial charge on any atom is -0.435 e. The van der Waals surface area contributed by atoms with Crippen molar-refractivity contribution in [3.05, 3.63) is 64.7 Å². The van der Waals surface area contributed by atoms with Gasteiger partial charge in [0.15, 0.2) is 0 Å². The van der Waals surface area contributed by atoms with Gasteiger partial charge < -0.3 is 10.5 Å². The van der Waals surface area contributed by atoms with E-state index in [2.05, 4.69) is 10.5 Å². The topological polar surface area (TPSA) is 36.9 Å². The maximum atomic E-state index is 12.0. The molecule has 0 heterocycles. The molecule has 0 amide bonds. The predicted molar refractivity (Wildman–Crippen MR) is 69.3 cm³/mol. The van der Waals surface area contributed by atoms with Crippen LogP contribution < -0.4 is 10.5 Å². The van der Waals surface area contributed by atoms with Crippen molar-refractivity contribution in [2.75, 3.05) is 0 Å². The number of quaternary nitrogens is 1. The summed E-state index contributed by atoms with van der Waals surface area (Å²) in [6.07, 6.45) is 0. The molecule has 0 bridgehead atoms. The lowest BCUT2D eigenvalue weighted by Gasteiger charge is -2.10. The molecule has 3 N–H and O–H groups in total. The Labute approximate surface area is 114 Å². The molecule has 0 spiro atoms. The predicted octanol–water partition coefficient (Wildman–Crippen LogP) is 3.27. The highest BCUT2D eigenvalue weighted by Gasteiger charge is 2.13. The Morgan fingerprint density at radius 3 is 1.84 bits per heavy atom. The lowest BCUT2D eigenvalue weighted by molar-refractivity contribution is -0.411. The standard InChI is InChI=1S/C14H12ClF2NO/c15-11-5-1-9(2-6-11)13(18)10-3-7-12(8-4-10)19-14(16)17/h1-8,13-14H,18H2/p+1/t13-/m1/s1. The number of ether oxygens (including phenoxy) is 1. The van der Waals surface area contributed by atoms with E-state index >= 15 is 0 Å². The van der Waals surface area contributed by atoms with Crippen LogP contribution in [0.1, 0.15) is 17.2 Å². The van der Waals surface area contributed by atoms with E-state index in [1.165, 1.54) is 12.1 Å². The number of hydrogen-bond donors (Lipinski definition) is 1. The van der Waals surface area contributed by atoms with Crippen LogP contribution in [0.25, 0.3) is 0 Å². The molecule has 0 aliphatic rings. The van der Waals surface area contributed by atoms with E-state index in [0.29, 0.717) is 5.02 Å². The third-order valence-corrected chi connectivity index (χ3v) is 3.03. The van der Waals surface area contributed by atoms with Gasteiger partial charge in [0.1, 0.15) is 11.8 Å². The van der Waals surface area contributed by atoms with Crippen LogP contribution in [0.5, 0.6) is 5.75 Å². The zero-order chi connectivity index (χ0) is 13.8. The van der Waals surface area contributed by atoms with Crippen molar-refractivity contribution in [2.45, 2.75) is 12.7 Å². The lowest BCUT2D eigenvalue weighted by Crippen LogP contribution is -2.53. The van der Waals surface area contributed by atoms with Crippen LogP contribution in [-0.2, 0) is 0 Å². The van der Waals surface area contributed by atoms with E-state index in [0.717, 1.165) is 11.1 Å². The fraction of sp³-hybridized carbons (Fsp3) is 0.143. The summed E-state index contributed by atoms with van der Waals surface area (Å²) in [5.74, 6) is 0.141. The van der Waals surface area contributed by atoms with E-state index in [1.807, 2.05) is 12.1 Å². The molecule has 2 aromatic carbocycles. The maximum Gasteiger partial charge on any atom is 0.387 e. The first-order valence-corrected chi connectivity index (χ1v) is 6.07. The number of rotatable bonds is 4. The SMILES string of the molecule is [NH3+][C@H](c1ccc(Cl)cc1)c1ccc(OC(F)F)cc1. The third kappa shape index (κ3) is 3.66. The molecule has 0 saturated carbocycles. The number of hydrogen-bond acceptors (Lipinski definition) is 1. The van der Waals surface area contributed by atoms with Crippen LogP contribution in [0, 0.1) is 0 Å². The first kappa shape index (κ1) is 13.8. The molecule has 100 valence electrons. The Morgan fingerprint density at radius 1 is 0.895 bits per heavy atom. The summed E-state index contributed by atoms with van der Waals surface area (Å²) in [7, 11) is 0. The molecule has 0 saturated heterocycles. The molecular weight excluding hydrogens is 272 g/mol. The van der Waals surface area contributed by atoms with Crippen molar-refractivity contribution in [1.29, 1.82) is 0 Å². The van der Waals surface area contributed by atoms with Crippen LogP contribution >= 0.6 is 11.6 Å². The molecule has 19 heavy (non-hydrogen) atoms. The second-order valence-electron chi connectivity index (χ2n) is 4.05. The molecule has 2 nitrogen and oxygen atoms in total. The summed E-state index contributed by atoms with van der Waals surface area (Å²) in [6.45, 7) is -2.81. The Kier molecular flexibility index (Phi) is 4.35. The van der Waals surface area contributed by atoms with E-state index in [4.69, 9.17) is 11.6 Å². The summed E-state index contributed by atoms with van der Waals surface area (Å²) in [5.41, 5.74) is 5.99. The van der Waals surface area contributed by atoms with Gasteiger partial charge in [-0.25, -0.2) is 0 Å². The van der Waals surface area contributed by atoms with E-state index in [1.54, 1.807) is 24.3 Å². The van der Waals surface area contributed by atoms with E-state index in [-0.39, 0.29) is 11.8 Å². The number of halogens is 3. The largest absolute Gasteiger partial charge is 0.435 e. The molecule has 0 aromatic heterocycles. The number of benzene rings is 2. The summed E-state index contributed by atoms with van der Waals surface area (Å²) in [6, 6.07) is 13.8. The van der Waals surface area contributed by atoms with Crippen molar-refractivity contribution in [3.63, 3.8) is 0 Å². The van der Waals surface area contributed by atoms with Gasteiger partial charge in [-0.2, -0.15) is 8.78 Å². The zero-order valence-corrected chi connectivity index (χ0v) is 10.8. The molecule has 5 heteroatoms. The molecule has 2 rings (SSSR count). The third-order valence-electron chi connectivity index (χ3n) is 2.78. The second-order valence-corrected chi connectivity index (χ2v) is 4.49. The fourth-order valence-electron chi connectivity index (χ4n) is 1.77. The molecule has 0 aliphatic carbocycles. The highest BCUT2D eigenvalue weighted by Crippen LogP contribution is 2.22. The monoisotopic (exact) mass is 284 g/mol. The minimum atomic E-state index is -2.81. The van der Waals surface area contributed by atoms with Crippen molar-refractivity contribution >= 4 is 11.6 Å². The van der Waals surface area contributed by atoms with Gasteiger partial charge in [-0.15, -0.1) is 0 Å². The molecular formula is C14H13ClF2NO+. The van der Waals surface area contributed by atoms with Crippen LogP contribution in [-0.4, -0.2) is 6.61 Å². The van der Waals surface area contributed by atoms with Crippen molar-refractivity contribution in [3.8, 4) is 5.75 Å². The van der Waals surface area contributed by atoms with Crippen LogP contribution in [0.15, 0.2) is 48.5 Å². The van der Waals surface area contributed by atoms with E-state index < -0.39 is 6.61 Å². The van der Waals surface area contributed by atoms with Gasteiger partial charge in [0, 0.05) is 16.1 Å². The van der Waals surface area contributed by atoms with Gasteiger partial charge >= 0.3 is 6.61 Å². The van der Waals surface area contributed by atoms with Gasteiger partial charge in [-0.3, -0.25) is 0 Å².